The average molecular weight is 392 g/mol. The number of rotatable bonds is 5. The molecular weight excluding hydrogens is 381 g/mol. The Kier molecular flexibility index (Phi) is 4.90. The van der Waals surface area contributed by atoms with Crippen LogP contribution in [0.1, 0.15) is 16.3 Å². The second kappa shape index (κ2) is 7.27. The van der Waals surface area contributed by atoms with Crippen molar-refractivity contribution < 1.29 is 23.1 Å². The highest BCUT2D eigenvalue weighted by molar-refractivity contribution is 9.10. The largest absolute Gasteiger partial charge is 0.486 e. The Morgan fingerprint density at radius 1 is 1.17 bits per heavy atom. The summed E-state index contributed by atoms with van der Waals surface area (Å²) in [4.78, 5) is 16.0. The first kappa shape index (κ1) is 16.2. The van der Waals surface area contributed by atoms with E-state index < -0.39 is 5.97 Å². The Balaban J connectivity index is 1.61. The van der Waals surface area contributed by atoms with E-state index in [0.717, 1.165) is 0 Å². The highest BCUT2D eigenvalue weighted by Crippen LogP contribution is 2.23. The van der Waals surface area contributed by atoms with Crippen molar-refractivity contribution in [2.75, 3.05) is 0 Å². The van der Waals surface area contributed by atoms with Gasteiger partial charge in [0, 0.05) is 6.20 Å². The smallest absolute Gasteiger partial charge is 0.379 e. The van der Waals surface area contributed by atoms with Crippen molar-refractivity contribution in [1.82, 2.24) is 4.98 Å². The summed E-state index contributed by atoms with van der Waals surface area (Å²) in [6, 6.07) is 12.0. The number of carbonyl (C=O) groups excluding carboxylic acids is 1. The number of benzene rings is 1. The molecule has 0 saturated heterocycles. The third-order valence-electron chi connectivity index (χ3n) is 2.99. The summed E-state index contributed by atoms with van der Waals surface area (Å²) < 4.78 is 29.3. The molecule has 0 aliphatic rings. The quantitative estimate of drug-likeness (QED) is 0.477. The van der Waals surface area contributed by atoms with E-state index in [1.54, 1.807) is 24.4 Å². The van der Waals surface area contributed by atoms with Crippen LogP contribution >= 0.6 is 15.9 Å². The number of nitrogens with zero attached hydrogens (tertiary/aromatic N) is 1. The number of hydrogen-bond acceptors (Lipinski definition) is 5. The summed E-state index contributed by atoms with van der Waals surface area (Å²) in [6.45, 7) is 0.107. The Labute approximate surface area is 145 Å². The fourth-order valence-electron chi connectivity index (χ4n) is 1.85. The van der Waals surface area contributed by atoms with Gasteiger partial charge >= 0.3 is 5.97 Å². The van der Waals surface area contributed by atoms with Crippen LogP contribution in [0.3, 0.4) is 0 Å². The van der Waals surface area contributed by atoms with Gasteiger partial charge in [-0.05, 0) is 64.5 Å². The van der Waals surface area contributed by atoms with Crippen molar-refractivity contribution in [1.29, 1.82) is 0 Å². The monoisotopic (exact) mass is 391 g/mol. The Hall–Kier alpha value is -2.67. The van der Waals surface area contributed by atoms with Gasteiger partial charge in [-0.2, -0.15) is 0 Å². The standard InChI is InChI=1S/C17H11BrFNO4/c18-16-14(2-1-9-20-16)24-17(21)15-8-7-13(23-15)10-22-12-5-3-11(19)4-6-12/h1-9H,10H2. The van der Waals surface area contributed by atoms with E-state index in [0.29, 0.717) is 21.9 Å². The van der Waals surface area contributed by atoms with Gasteiger partial charge in [-0.25, -0.2) is 14.2 Å². The van der Waals surface area contributed by atoms with E-state index in [-0.39, 0.29) is 18.2 Å². The summed E-state index contributed by atoms with van der Waals surface area (Å²) in [7, 11) is 0. The molecule has 7 heteroatoms. The summed E-state index contributed by atoms with van der Waals surface area (Å²) >= 11 is 3.19. The lowest BCUT2D eigenvalue weighted by atomic mass is 10.3. The van der Waals surface area contributed by atoms with Gasteiger partial charge in [0.05, 0.1) is 0 Å². The molecule has 0 amide bonds. The van der Waals surface area contributed by atoms with E-state index >= 15 is 0 Å². The number of hydrogen-bond donors (Lipinski definition) is 0. The number of pyridine rings is 1. The average Bonchev–Trinajstić information content (AvgIpc) is 3.06. The first-order valence-electron chi connectivity index (χ1n) is 6.91. The van der Waals surface area contributed by atoms with Gasteiger partial charge in [-0.15, -0.1) is 0 Å². The predicted octanol–water partition coefficient (Wildman–Crippen LogP) is 4.37. The zero-order valence-electron chi connectivity index (χ0n) is 12.2. The second-order valence-electron chi connectivity index (χ2n) is 4.69. The number of ether oxygens (including phenoxy) is 2. The van der Waals surface area contributed by atoms with Crippen molar-refractivity contribution in [2.45, 2.75) is 6.61 Å². The molecule has 24 heavy (non-hydrogen) atoms. The van der Waals surface area contributed by atoms with Gasteiger partial charge in [-0.1, -0.05) is 0 Å². The van der Waals surface area contributed by atoms with Crippen molar-refractivity contribution in [3.63, 3.8) is 0 Å². The van der Waals surface area contributed by atoms with E-state index in [9.17, 15) is 9.18 Å². The molecule has 0 N–H and O–H groups in total. The van der Waals surface area contributed by atoms with Crippen LogP contribution in [-0.4, -0.2) is 11.0 Å². The lowest BCUT2D eigenvalue weighted by Crippen LogP contribution is -2.08. The Morgan fingerprint density at radius 2 is 1.96 bits per heavy atom. The zero-order valence-corrected chi connectivity index (χ0v) is 13.8. The molecule has 3 rings (SSSR count). The molecule has 0 aliphatic heterocycles. The fourth-order valence-corrected chi connectivity index (χ4v) is 2.18. The van der Waals surface area contributed by atoms with Gasteiger partial charge in [0.15, 0.2) is 5.75 Å². The number of furan rings is 1. The molecule has 2 heterocycles. The Bertz CT molecular complexity index is 848. The van der Waals surface area contributed by atoms with E-state index in [4.69, 9.17) is 13.9 Å². The molecular formula is C17H11BrFNO4. The van der Waals surface area contributed by atoms with E-state index in [2.05, 4.69) is 20.9 Å². The van der Waals surface area contributed by atoms with Crippen LogP contribution in [0.4, 0.5) is 4.39 Å². The maximum Gasteiger partial charge on any atom is 0.379 e. The zero-order chi connectivity index (χ0) is 16.9. The van der Waals surface area contributed by atoms with Crippen LogP contribution in [0.15, 0.2) is 63.7 Å². The molecule has 1 aromatic carbocycles. The van der Waals surface area contributed by atoms with Gasteiger partial charge in [-0.3, -0.25) is 0 Å². The van der Waals surface area contributed by atoms with Crippen LogP contribution < -0.4 is 9.47 Å². The number of halogens is 2. The minimum Gasteiger partial charge on any atom is -0.486 e. The lowest BCUT2D eigenvalue weighted by Gasteiger charge is -2.04. The van der Waals surface area contributed by atoms with Crippen LogP contribution in [0.2, 0.25) is 0 Å². The first-order chi connectivity index (χ1) is 11.6. The molecule has 0 radical (unpaired) electrons. The maximum atomic E-state index is 12.8. The molecule has 0 atom stereocenters. The highest BCUT2D eigenvalue weighted by Gasteiger charge is 2.15. The predicted molar refractivity (Wildman–Crippen MR) is 86.3 cm³/mol. The van der Waals surface area contributed by atoms with Crippen molar-refractivity contribution in [2.24, 2.45) is 0 Å². The molecule has 0 unspecified atom stereocenters. The minimum atomic E-state index is -0.642. The molecule has 3 aromatic rings. The molecule has 122 valence electrons. The van der Waals surface area contributed by atoms with Crippen molar-refractivity contribution in [3.8, 4) is 11.5 Å². The van der Waals surface area contributed by atoms with Crippen LogP contribution in [0, 0.1) is 5.82 Å². The summed E-state index contributed by atoms with van der Waals surface area (Å²) in [5.41, 5.74) is 0. The van der Waals surface area contributed by atoms with Crippen molar-refractivity contribution in [3.05, 3.63) is 76.7 Å². The molecule has 0 fully saturated rings. The number of esters is 1. The van der Waals surface area contributed by atoms with Gasteiger partial charge in [0.2, 0.25) is 5.76 Å². The summed E-state index contributed by atoms with van der Waals surface area (Å²) in [5.74, 6) is 0.294. The SMILES string of the molecule is O=C(Oc1cccnc1Br)c1ccc(COc2ccc(F)cc2)o1. The normalized spacial score (nSPS) is 10.4. The van der Waals surface area contributed by atoms with E-state index in [1.807, 2.05) is 0 Å². The van der Waals surface area contributed by atoms with Crippen LogP contribution in [0.25, 0.3) is 0 Å². The lowest BCUT2D eigenvalue weighted by molar-refractivity contribution is 0.0695. The van der Waals surface area contributed by atoms with Gasteiger partial charge in [0.25, 0.3) is 0 Å². The molecule has 0 spiro atoms. The topological polar surface area (TPSA) is 61.6 Å². The third kappa shape index (κ3) is 3.99. The third-order valence-corrected chi connectivity index (χ3v) is 3.58. The fraction of sp³-hybridized carbons (Fsp3) is 0.0588. The second-order valence-corrected chi connectivity index (χ2v) is 5.44. The van der Waals surface area contributed by atoms with Crippen LogP contribution in [-0.2, 0) is 6.61 Å². The highest BCUT2D eigenvalue weighted by atomic mass is 79.9. The van der Waals surface area contributed by atoms with Gasteiger partial charge in [0.1, 0.15) is 28.5 Å². The number of carbonyl (C=O) groups is 1. The molecule has 5 nitrogen and oxygen atoms in total. The molecule has 0 bridgehead atoms. The summed E-state index contributed by atoms with van der Waals surface area (Å²) in [5, 5.41) is 0. The van der Waals surface area contributed by atoms with Crippen molar-refractivity contribution >= 4 is 21.9 Å². The first-order valence-corrected chi connectivity index (χ1v) is 7.71. The summed E-state index contributed by atoms with van der Waals surface area (Å²) in [6.07, 6.45) is 1.57. The maximum absolute atomic E-state index is 12.8. The number of aromatic nitrogens is 1. The molecule has 0 saturated carbocycles. The minimum absolute atomic E-state index is 0.0449. The van der Waals surface area contributed by atoms with Crippen LogP contribution in [0.5, 0.6) is 11.5 Å². The van der Waals surface area contributed by atoms with Gasteiger partial charge < -0.3 is 13.9 Å². The molecule has 0 aliphatic carbocycles. The van der Waals surface area contributed by atoms with E-state index in [1.165, 1.54) is 30.3 Å². The molecule has 2 aromatic heterocycles. The Morgan fingerprint density at radius 3 is 2.71 bits per heavy atom.